The minimum Gasteiger partial charge on any atom is -0.388 e. The van der Waals surface area contributed by atoms with Gasteiger partial charge in [0, 0.05) is 24.6 Å². The van der Waals surface area contributed by atoms with E-state index in [0.717, 1.165) is 43.7 Å². The van der Waals surface area contributed by atoms with Gasteiger partial charge in [-0.05, 0) is 31.1 Å². The second-order valence-electron chi connectivity index (χ2n) is 6.69. The molecule has 1 aliphatic heterocycles. The van der Waals surface area contributed by atoms with E-state index < -0.39 is 5.60 Å². The van der Waals surface area contributed by atoms with Crippen LogP contribution in [0.1, 0.15) is 39.5 Å². The fourth-order valence-corrected chi connectivity index (χ4v) is 3.61. The molecular formula is C14H26N2O2S. The minimum atomic E-state index is -0.701. The Morgan fingerprint density at radius 1 is 1.37 bits per heavy atom. The summed E-state index contributed by atoms with van der Waals surface area (Å²) in [6.07, 6.45) is 3.62. The van der Waals surface area contributed by atoms with Crippen molar-refractivity contribution in [2.75, 3.05) is 24.6 Å². The van der Waals surface area contributed by atoms with Gasteiger partial charge in [0.2, 0.25) is 5.91 Å². The molecule has 1 aliphatic carbocycles. The molecule has 0 bridgehead atoms. The van der Waals surface area contributed by atoms with Gasteiger partial charge in [-0.3, -0.25) is 4.79 Å². The van der Waals surface area contributed by atoms with Gasteiger partial charge in [0.1, 0.15) is 0 Å². The van der Waals surface area contributed by atoms with Gasteiger partial charge < -0.3 is 15.7 Å². The standard InChI is InChI=1S/C14H26N2O2S/c1-13(2)3-5-14(18,6-4-13)10-16-12(17)11-9-19-8-7-15-11/h11,15,18H,3-10H2,1-2H3,(H,16,17). The van der Waals surface area contributed by atoms with Crippen molar-refractivity contribution >= 4 is 17.7 Å². The Bertz CT molecular complexity index is 317. The van der Waals surface area contributed by atoms with Gasteiger partial charge in [0.05, 0.1) is 11.6 Å². The molecule has 2 aliphatic rings. The average Bonchev–Trinajstić information content (AvgIpc) is 2.41. The highest BCUT2D eigenvalue weighted by Crippen LogP contribution is 2.39. The topological polar surface area (TPSA) is 61.4 Å². The maximum atomic E-state index is 12.0. The zero-order valence-electron chi connectivity index (χ0n) is 12.0. The maximum absolute atomic E-state index is 12.0. The Kier molecular flexibility index (Phi) is 4.79. The summed E-state index contributed by atoms with van der Waals surface area (Å²) >= 11 is 1.81. The van der Waals surface area contributed by atoms with Crippen molar-refractivity contribution in [1.29, 1.82) is 0 Å². The lowest BCUT2D eigenvalue weighted by molar-refractivity contribution is -0.124. The van der Waals surface area contributed by atoms with Crippen molar-refractivity contribution in [1.82, 2.24) is 10.6 Å². The van der Waals surface area contributed by atoms with Crippen molar-refractivity contribution in [3.63, 3.8) is 0 Å². The summed E-state index contributed by atoms with van der Waals surface area (Å²) < 4.78 is 0. The number of aliphatic hydroxyl groups is 1. The van der Waals surface area contributed by atoms with Crippen LogP contribution in [-0.4, -0.2) is 47.3 Å². The molecule has 1 saturated heterocycles. The Balaban J connectivity index is 1.76. The van der Waals surface area contributed by atoms with Gasteiger partial charge in [0.25, 0.3) is 0 Å². The predicted octanol–water partition coefficient (Wildman–Crippen LogP) is 1.14. The average molecular weight is 286 g/mol. The molecule has 4 nitrogen and oxygen atoms in total. The summed E-state index contributed by atoms with van der Waals surface area (Å²) in [7, 11) is 0. The van der Waals surface area contributed by atoms with E-state index in [1.54, 1.807) is 11.8 Å². The normalized spacial score (nSPS) is 29.7. The van der Waals surface area contributed by atoms with Crippen LogP contribution in [0.25, 0.3) is 0 Å². The van der Waals surface area contributed by atoms with Crippen molar-refractivity contribution in [3.8, 4) is 0 Å². The van der Waals surface area contributed by atoms with Crippen LogP contribution in [0.4, 0.5) is 0 Å². The van der Waals surface area contributed by atoms with Gasteiger partial charge in [-0.1, -0.05) is 13.8 Å². The fourth-order valence-electron chi connectivity index (χ4n) is 2.68. The smallest absolute Gasteiger partial charge is 0.238 e. The van der Waals surface area contributed by atoms with E-state index in [0.29, 0.717) is 12.0 Å². The van der Waals surface area contributed by atoms with Crippen LogP contribution in [-0.2, 0) is 4.79 Å². The SMILES string of the molecule is CC1(C)CCC(O)(CNC(=O)C2CSCCN2)CC1. The van der Waals surface area contributed by atoms with Gasteiger partial charge in [-0.25, -0.2) is 0 Å². The van der Waals surface area contributed by atoms with E-state index in [2.05, 4.69) is 24.5 Å². The summed E-state index contributed by atoms with van der Waals surface area (Å²) in [4.78, 5) is 12.0. The molecule has 0 aromatic rings. The Hall–Kier alpha value is -0.260. The summed E-state index contributed by atoms with van der Waals surface area (Å²) in [5, 5.41) is 16.7. The van der Waals surface area contributed by atoms with E-state index in [-0.39, 0.29) is 11.9 Å². The molecule has 5 heteroatoms. The minimum absolute atomic E-state index is 0.0328. The van der Waals surface area contributed by atoms with E-state index in [9.17, 15) is 9.90 Å². The molecule has 1 heterocycles. The fraction of sp³-hybridized carbons (Fsp3) is 0.929. The molecule has 0 aromatic carbocycles. The zero-order valence-corrected chi connectivity index (χ0v) is 12.8. The number of amides is 1. The van der Waals surface area contributed by atoms with Crippen LogP contribution >= 0.6 is 11.8 Å². The largest absolute Gasteiger partial charge is 0.388 e. The quantitative estimate of drug-likeness (QED) is 0.728. The number of nitrogens with one attached hydrogen (secondary N) is 2. The van der Waals surface area contributed by atoms with E-state index >= 15 is 0 Å². The maximum Gasteiger partial charge on any atom is 0.238 e. The molecule has 2 rings (SSSR count). The molecule has 0 aromatic heterocycles. The van der Waals surface area contributed by atoms with Crippen molar-refractivity contribution < 1.29 is 9.90 Å². The highest BCUT2D eigenvalue weighted by molar-refractivity contribution is 7.99. The van der Waals surface area contributed by atoms with E-state index in [1.165, 1.54) is 0 Å². The number of thioether (sulfide) groups is 1. The zero-order chi connectivity index (χ0) is 13.9. The summed E-state index contributed by atoms with van der Waals surface area (Å²) in [5.74, 6) is 1.94. The summed E-state index contributed by atoms with van der Waals surface area (Å²) in [6.45, 7) is 5.77. The number of carbonyl (C=O) groups excluding carboxylic acids is 1. The third-order valence-corrected chi connectivity index (χ3v) is 5.43. The highest BCUT2D eigenvalue weighted by Gasteiger charge is 2.37. The number of rotatable bonds is 3. The van der Waals surface area contributed by atoms with Crippen molar-refractivity contribution in [3.05, 3.63) is 0 Å². The van der Waals surface area contributed by atoms with Gasteiger partial charge in [-0.15, -0.1) is 0 Å². The van der Waals surface area contributed by atoms with Gasteiger partial charge >= 0.3 is 0 Å². The Morgan fingerprint density at radius 3 is 2.63 bits per heavy atom. The first-order valence-corrected chi connectivity index (χ1v) is 8.37. The van der Waals surface area contributed by atoms with Gasteiger partial charge in [-0.2, -0.15) is 11.8 Å². The van der Waals surface area contributed by atoms with Gasteiger partial charge in [0.15, 0.2) is 0 Å². The molecule has 0 radical (unpaired) electrons. The lowest BCUT2D eigenvalue weighted by Crippen LogP contribution is -2.53. The molecule has 19 heavy (non-hydrogen) atoms. The monoisotopic (exact) mass is 286 g/mol. The third-order valence-electron chi connectivity index (χ3n) is 4.36. The number of hydrogen-bond donors (Lipinski definition) is 3. The summed E-state index contributed by atoms with van der Waals surface area (Å²) in [5.41, 5.74) is -0.370. The molecule has 0 spiro atoms. The highest BCUT2D eigenvalue weighted by atomic mass is 32.2. The lowest BCUT2D eigenvalue weighted by atomic mass is 9.71. The van der Waals surface area contributed by atoms with Crippen molar-refractivity contribution in [2.24, 2.45) is 5.41 Å². The predicted molar refractivity (Wildman–Crippen MR) is 79.3 cm³/mol. The molecule has 110 valence electrons. The van der Waals surface area contributed by atoms with Crippen LogP contribution in [0.3, 0.4) is 0 Å². The van der Waals surface area contributed by atoms with Crippen molar-refractivity contribution in [2.45, 2.75) is 51.2 Å². The first-order chi connectivity index (χ1) is 8.90. The number of carbonyl (C=O) groups is 1. The first-order valence-electron chi connectivity index (χ1n) is 7.22. The number of hydrogen-bond acceptors (Lipinski definition) is 4. The van der Waals surface area contributed by atoms with Crippen LogP contribution in [0.2, 0.25) is 0 Å². The molecule has 3 N–H and O–H groups in total. The summed E-state index contributed by atoms with van der Waals surface area (Å²) in [6, 6.07) is -0.0950. The Morgan fingerprint density at radius 2 is 2.05 bits per heavy atom. The third kappa shape index (κ3) is 4.36. The second kappa shape index (κ2) is 6.02. The van der Waals surface area contributed by atoms with Crippen LogP contribution < -0.4 is 10.6 Å². The molecular weight excluding hydrogens is 260 g/mol. The van der Waals surface area contributed by atoms with Crippen LogP contribution in [0.15, 0.2) is 0 Å². The van der Waals surface area contributed by atoms with E-state index in [1.807, 2.05) is 0 Å². The van der Waals surface area contributed by atoms with Crippen LogP contribution in [0, 0.1) is 5.41 Å². The second-order valence-corrected chi connectivity index (χ2v) is 7.84. The molecule has 1 saturated carbocycles. The lowest BCUT2D eigenvalue weighted by Gasteiger charge is -2.40. The van der Waals surface area contributed by atoms with E-state index in [4.69, 9.17) is 0 Å². The molecule has 2 fully saturated rings. The molecule has 1 amide bonds. The molecule has 1 atom stereocenters. The Labute approximate surface area is 120 Å². The molecule has 1 unspecified atom stereocenters. The van der Waals surface area contributed by atoms with Crippen LogP contribution in [0.5, 0.6) is 0 Å². The first kappa shape index (κ1) is 15.1.